The molecular weight excluding hydrogens is 267 g/mol. The van der Waals surface area contributed by atoms with E-state index < -0.39 is 42.2 Å². The number of esters is 3. The van der Waals surface area contributed by atoms with Crippen molar-refractivity contribution in [1.82, 2.24) is 0 Å². The van der Waals surface area contributed by atoms with Crippen LogP contribution < -0.4 is 0 Å². The van der Waals surface area contributed by atoms with Crippen LogP contribution >= 0.6 is 0 Å². The molecule has 1 heterocycles. The Bertz CT molecular complexity index is 384. The van der Waals surface area contributed by atoms with Crippen LogP contribution in [0.2, 0.25) is 0 Å². The molecule has 1 fully saturated rings. The minimum absolute atomic E-state index is 0.140. The van der Waals surface area contributed by atoms with Crippen LogP contribution in [0, 0.1) is 0 Å². The Balaban J connectivity index is 2.82. The van der Waals surface area contributed by atoms with Crippen LogP contribution in [-0.4, -0.2) is 56.7 Å². The molecular formula is C12H17BO7. The van der Waals surface area contributed by atoms with E-state index in [4.69, 9.17) is 26.8 Å². The minimum Gasteiger partial charge on any atom is -0.463 e. The van der Waals surface area contributed by atoms with Gasteiger partial charge in [-0.2, -0.15) is 0 Å². The highest BCUT2D eigenvalue weighted by Crippen LogP contribution is 2.25. The Morgan fingerprint density at radius 1 is 1.10 bits per heavy atom. The number of ether oxygens (including phenoxy) is 4. The number of hydrogen-bond donors (Lipinski definition) is 0. The Morgan fingerprint density at radius 2 is 1.70 bits per heavy atom. The van der Waals surface area contributed by atoms with E-state index in [9.17, 15) is 14.4 Å². The summed E-state index contributed by atoms with van der Waals surface area (Å²) >= 11 is 0. The number of carbonyl (C=O) groups excluding carboxylic acids is 3. The van der Waals surface area contributed by atoms with E-state index in [2.05, 4.69) is 0 Å². The van der Waals surface area contributed by atoms with Crippen LogP contribution in [0.25, 0.3) is 0 Å². The van der Waals surface area contributed by atoms with Crippen molar-refractivity contribution in [2.45, 2.75) is 51.5 Å². The molecule has 1 saturated heterocycles. The highest BCUT2D eigenvalue weighted by molar-refractivity contribution is 6.11. The minimum atomic E-state index is -0.865. The molecule has 0 aromatic rings. The molecule has 0 aromatic heterocycles. The predicted octanol–water partition coefficient (Wildman–Crippen LogP) is -0.304. The average Bonchev–Trinajstić information content (AvgIpc) is 2.28. The van der Waals surface area contributed by atoms with Gasteiger partial charge in [-0.3, -0.25) is 14.4 Å². The molecule has 1 aliphatic heterocycles. The van der Waals surface area contributed by atoms with Gasteiger partial charge in [-0.1, -0.05) is 0 Å². The number of hydrogen-bond acceptors (Lipinski definition) is 7. The maximum Gasteiger partial charge on any atom is 0.303 e. The Hall–Kier alpha value is -1.57. The van der Waals surface area contributed by atoms with Gasteiger partial charge < -0.3 is 18.9 Å². The molecule has 0 bridgehead atoms. The van der Waals surface area contributed by atoms with E-state index >= 15 is 0 Å². The van der Waals surface area contributed by atoms with Gasteiger partial charge in [-0.15, -0.1) is 0 Å². The molecule has 4 atom stereocenters. The van der Waals surface area contributed by atoms with Gasteiger partial charge in [-0.05, 0) is 0 Å². The van der Waals surface area contributed by atoms with Gasteiger partial charge in [0, 0.05) is 33.2 Å². The monoisotopic (exact) mass is 284 g/mol. The normalized spacial score (nSPS) is 29.4. The summed E-state index contributed by atoms with van der Waals surface area (Å²) in [6.07, 6.45) is -2.19. The first-order valence-electron chi connectivity index (χ1n) is 6.18. The highest BCUT2D eigenvalue weighted by atomic mass is 16.6. The van der Waals surface area contributed by atoms with Crippen molar-refractivity contribution in [1.29, 1.82) is 0 Å². The lowest BCUT2D eigenvalue weighted by atomic mass is 9.87. The fourth-order valence-electron chi connectivity index (χ4n) is 1.97. The van der Waals surface area contributed by atoms with E-state index in [0.29, 0.717) is 0 Å². The van der Waals surface area contributed by atoms with Gasteiger partial charge in [0.15, 0.2) is 6.10 Å². The van der Waals surface area contributed by atoms with Gasteiger partial charge in [0.1, 0.15) is 26.7 Å². The fourth-order valence-corrected chi connectivity index (χ4v) is 1.97. The lowest BCUT2D eigenvalue weighted by Crippen LogP contribution is -2.53. The topological polar surface area (TPSA) is 88.1 Å². The molecule has 1 rings (SSSR count). The molecule has 110 valence electrons. The smallest absolute Gasteiger partial charge is 0.303 e. The number of carbonyl (C=O) groups is 3. The van der Waals surface area contributed by atoms with Crippen molar-refractivity contribution in [2.75, 3.05) is 6.61 Å². The summed E-state index contributed by atoms with van der Waals surface area (Å²) in [5.41, 5.74) is 0. The molecule has 0 amide bonds. The van der Waals surface area contributed by atoms with Crippen LogP contribution in [0.3, 0.4) is 0 Å². The SMILES string of the molecule is [B][C@@H]1C[C@@H](OC(C)=O)[C@H](OC(C)=O)[C@@H](COC(C)=O)O1. The van der Waals surface area contributed by atoms with Crippen LogP contribution in [0.4, 0.5) is 0 Å². The highest BCUT2D eigenvalue weighted by Gasteiger charge is 2.41. The second-order valence-electron chi connectivity index (χ2n) is 4.47. The van der Waals surface area contributed by atoms with Gasteiger partial charge in [0.2, 0.25) is 0 Å². The predicted molar refractivity (Wildman–Crippen MR) is 66.8 cm³/mol. The number of rotatable bonds is 4. The van der Waals surface area contributed by atoms with Crippen molar-refractivity contribution in [3.8, 4) is 0 Å². The summed E-state index contributed by atoms with van der Waals surface area (Å²) in [6, 6.07) is -0.702. The van der Waals surface area contributed by atoms with Crippen LogP contribution in [0.1, 0.15) is 27.2 Å². The quantitative estimate of drug-likeness (QED) is 0.397. The third-order valence-electron chi connectivity index (χ3n) is 2.62. The summed E-state index contributed by atoms with van der Waals surface area (Å²) in [5.74, 6) is -1.58. The van der Waals surface area contributed by atoms with Gasteiger partial charge in [0.05, 0.1) is 0 Å². The van der Waals surface area contributed by atoms with Crippen LogP contribution in [0.5, 0.6) is 0 Å². The summed E-state index contributed by atoms with van der Waals surface area (Å²) in [5, 5.41) is 0. The summed E-state index contributed by atoms with van der Waals surface area (Å²) in [7, 11) is 5.70. The van der Waals surface area contributed by atoms with Crippen molar-refractivity contribution >= 4 is 25.8 Å². The first-order valence-corrected chi connectivity index (χ1v) is 6.18. The molecule has 7 nitrogen and oxygen atoms in total. The van der Waals surface area contributed by atoms with E-state index in [1.54, 1.807) is 0 Å². The zero-order valence-corrected chi connectivity index (χ0v) is 11.7. The lowest BCUT2D eigenvalue weighted by molar-refractivity contribution is -0.205. The zero-order chi connectivity index (χ0) is 15.3. The van der Waals surface area contributed by atoms with E-state index in [1.807, 2.05) is 0 Å². The molecule has 20 heavy (non-hydrogen) atoms. The molecule has 0 aliphatic carbocycles. The third kappa shape index (κ3) is 5.20. The molecule has 0 spiro atoms. The first kappa shape index (κ1) is 16.5. The Labute approximate surface area is 118 Å². The second kappa shape index (κ2) is 7.28. The summed E-state index contributed by atoms with van der Waals surface area (Å²) < 4.78 is 20.4. The molecule has 1 aliphatic rings. The third-order valence-corrected chi connectivity index (χ3v) is 2.62. The molecule has 0 unspecified atom stereocenters. The van der Waals surface area contributed by atoms with Gasteiger partial charge in [-0.25, -0.2) is 0 Å². The van der Waals surface area contributed by atoms with Crippen molar-refractivity contribution in [3.63, 3.8) is 0 Å². The molecule has 0 saturated carbocycles. The van der Waals surface area contributed by atoms with E-state index in [0.717, 1.165) is 0 Å². The van der Waals surface area contributed by atoms with Crippen LogP contribution in [-0.2, 0) is 33.3 Å². The van der Waals surface area contributed by atoms with Gasteiger partial charge in [0.25, 0.3) is 0 Å². The largest absolute Gasteiger partial charge is 0.463 e. The fraction of sp³-hybridized carbons (Fsp3) is 0.750. The van der Waals surface area contributed by atoms with Gasteiger partial charge >= 0.3 is 17.9 Å². The van der Waals surface area contributed by atoms with Crippen molar-refractivity contribution in [2.24, 2.45) is 0 Å². The van der Waals surface area contributed by atoms with E-state index in [-0.39, 0.29) is 13.0 Å². The van der Waals surface area contributed by atoms with E-state index in [1.165, 1.54) is 20.8 Å². The molecule has 0 N–H and O–H groups in total. The van der Waals surface area contributed by atoms with Crippen molar-refractivity contribution < 1.29 is 33.3 Å². The molecule has 0 aromatic carbocycles. The summed E-state index contributed by atoms with van der Waals surface area (Å²) in [6.45, 7) is 3.57. The maximum atomic E-state index is 11.2. The Morgan fingerprint density at radius 3 is 2.20 bits per heavy atom. The maximum absolute atomic E-state index is 11.2. The molecule has 2 radical (unpaired) electrons. The standard InChI is InChI=1S/C12H17BO7/c1-6(14)17-5-10-12(19-8(3)16)9(18-7(2)15)4-11(13)20-10/h9-12H,4-5H2,1-3H3/t9-,10-,11+,12+/m1/s1. The van der Waals surface area contributed by atoms with Crippen molar-refractivity contribution in [3.05, 3.63) is 0 Å². The zero-order valence-electron chi connectivity index (χ0n) is 11.7. The lowest BCUT2D eigenvalue weighted by Gasteiger charge is -2.39. The average molecular weight is 284 g/mol. The second-order valence-corrected chi connectivity index (χ2v) is 4.47. The first-order chi connectivity index (χ1) is 9.29. The molecule has 8 heteroatoms. The Kier molecular flexibility index (Phi) is 6.00. The summed E-state index contributed by atoms with van der Waals surface area (Å²) in [4.78, 5) is 33.1. The van der Waals surface area contributed by atoms with Crippen LogP contribution in [0.15, 0.2) is 0 Å².